The van der Waals surface area contributed by atoms with Crippen molar-refractivity contribution in [1.82, 2.24) is 19.6 Å². The van der Waals surface area contributed by atoms with E-state index in [1.54, 1.807) is 59.6 Å². The summed E-state index contributed by atoms with van der Waals surface area (Å²) in [7, 11) is -4.13. The Balaban J connectivity index is 1.67. The number of aryl methyl sites for hydroxylation is 1. The van der Waals surface area contributed by atoms with E-state index in [-0.39, 0.29) is 33.8 Å². The molecule has 0 atom stereocenters. The zero-order chi connectivity index (χ0) is 30.7. The van der Waals surface area contributed by atoms with Crippen LogP contribution in [0.5, 0.6) is 0 Å². The number of carbonyl (C=O) groups is 2. The maximum Gasteiger partial charge on any atom is 0.271 e. The lowest BCUT2D eigenvalue weighted by atomic mass is 9.97. The minimum Gasteiger partial charge on any atom is -0.472 e. The van der Waals surface area contributed by atoms with Gasteiger partial charge in [-0.25, -0.2) is 18.1 Å². The van der Waals surface area contributed by atoms with Crippen molar-refractivity contribution in [2.24, 2.45) is 0 Å². The van der Waals surface area contributed by atoms with Gasteiger partial charge in [-0.15, -0.1) is 0 Å². The summed E-state index contributed by atoms with van der Waals surface area (Å²) in [5.74, 6) is -0.488. The average Bonchev–Trinajstić information content (AvgIpc) is 3.46. The highest BCUT2D eigenvalue weighted by molar-refractivity contribution is 9.10. The van der Waals surface area contributed by atoms with Gasteiger partial charge in [-0.05, 0) is 70.2 Å². The van der Waals surface area contributed by atoms with Crippen molar-refractivity contribution < 1.29 is 22.4 Å². The molecule has 2 heterocycles. The number of imidazole rings is 1. The van der Waals surface area contributed by atoms with Crippen molar-refractivity contribution in [3.05, 3.63) is 105 Å². The van der Waals surface area contributed by atoms with E-state index in [1.807, 2.05) is 19.9 Å². The SMILES string of the molecule is CCCc1nc(Cl)c(C(=O)NCC)n1Cc1c2ccocc-2c(Br)c1-c1ccccc1C(=O)NS(=O)(=O)c1ccccc1. The molecule has 1 aromatic heterocycles. The van der Waals surface area contributed by atoms with Gasteiger partial charge in [-0.3, -0.25) is 9.59 Å². The summed E-state index contributed by atoms with van der Waals surface area (Å²) in [5, 5.41) is 2.92. The Kier molecular flexibility index (Phi) is 9.05. The van der Waals surface area contributed by atoms with E-state index in [2.05, 4.69) is 31.0 Å². The lowest BCUT2D eigenvalue weighted by Crippen LogP contribution is -2.31. The van der Waals surface area contributed by atoms with Gasteiger partial charge in [-0.2, -0.15) is 0 Å². The molecule has 2 amide bonds. The number of rotatable bonds is 10. The number of carbonyl (C=O) groups excluding carboxylic acids is 2. The smallest absolute Gasteiger partial charge is 0.271 e. The maximum absolute atomic E-state index is 13.6. The van der Waals surface area contributed by atoms with Crippen LogP contribution in [0.2, 0.25) is 5.15 Å². The van der Waals surface area contributed by atoms with Crippen LogP contribution in [-0.4, -0.2) is 36.3 Å². The number of nitrogens with one attached hydrogen (secondary N) is 2. The molecule has 0 saturated heterocycles. The second-order valence-corrected chi connectivity index (χ2v) is 12.5. The highest BCUT2D eigenvalue weighted by Gasteiger charge is 2.30. The molecule has 1 aliphatic carbocycles. The van der Waals surface area contributed by atoms with Crippen LogP contribution in [0.25, 0.3) is 22.3 Å². The van der Waals surface area contributed by atoms with E-state index in [9.17, 15) is 18.0 Å². The summed E-state index contributed by atoms with van der Waals surface area (Å²) < 4.78 is 36.2. The minimum absolute atomic E-state index is 0.0262. The molecule has 222 valence electrons. The fourth-order valence-electron chi connectivity index (χ4n) is 5.05. The third kappa shape index (κ3) is 5.97. The number of benzene rings is 2. The van der Waals surface area contributed by atoms with Gasteiger partial charge in [0.05, 0.1) is 24.0 Å². The Morgan fingerprint density at radius 3 is 2.42 bits per heavy atom. The van der Waals surface area contributed by atoms with Gasteiger partial charge in [0.1, 0.15) is 11.5 Å². The van der Waals surface area contributed by atoms with Crippen molar-refractivity contribution in [3.63, 3.8) is 0 Å². The summed E-state index contributed by atoms with van der Waals surface area (Å²) >= 11 is 10.2. The molecule has 0 radical (unpaired) electrons. The first-order valence-corrected chi connectivity index (χ1v) is 16.2. The van der Waals surface area contributed by atoms with Gasteiger partial charge in [0.25, 0.3) is 21.8 Å². The molecule has 0 fully saturated rings. The average molecular weight is 684 g/mol. The van der Waals surface area contributed by atoms with Crippen molar-refractivity contribution in [3.8, 4) is 22.3 Å². The number of amides is 2. The molecule has 0 saturated carbocycles. The number of nitrogens with zero attached hydrogens (tertiary/aromatic N) is 2. The quantitative estimate of drug-likeness (QED) is 0.173. The highest BCUT2D eigenvalue weighted by atomic mass is 79.9. The van der Waals surface area contributed by atoms with Gasteiger partial charge < -0.3 is 14.3 Å². The number of sulfonamides is 1. The number of hydrogen-bond acceptors (Lipinski definition) is 6. The third-order valence-corrected chi connectivity index (χ3v) is 9.37. The number of halogens is 2. The molecule has 2 aliphatic rings. The van der Waals surface area contributed by atoms with Crippen molar-refractivity contribution >= 4 is 49.4 Å². The van der Waals surface area contributed by atoms with Crippen LogP contribution in [0, 0.1) is 0 Å². The van der Waals surface area contributed by atoms with E-state index in [0.29, 0.717) is 34.4 Å². The molecule has 1 aliphatic heterocycles. The van der Waals surface area contributed by atoms with Crippen LogP contribution < -0.4 is 10.0 Å². The summed E-state index contributed by atoms with van der Waals surface area (Å²) in [6.45, 7) is 4.44. The summed E-state index contributed by atoms with van der Waals surface area (Å²) in [4.78, 5) is 31.2. The summed E-state index contributed by atoms with van der Waals surface area (Å²) in [6, 6.07) is 16.3. The van der Waals surface area contributed by atoms with Crippen LogP contribution in [0.3, 0.4) is 0 Å². The van der Waals surface area contributed by atoms with Crippen LogP contribution in [0.1, 0.15) is 52.5 Å². The monoisotopic (exact) mass is 682 g/mol. The molecule has 9 nitrogen and oxygen atoms in total. The Hall–Kier alpha value is -3.93. The Bertz CT molecular complexity index is 1890. The Labute approximate surface area is 262 Å². The molecular formula is C31H28BrClN4O5S. The molecule has 3 aromatic rings. The molecule has 0 spiro atoms. The first kappa shape index (κ1) is 30.5. The van der Waals surface area contributed by atoms with E-state index < -0.39 is 15.9 Å². The second kappa shape index (κ2) is 12.7. The Morgan fingerprint density at radius 1 is 0.977 bits per heavy atom. The fraction of sp³-hybridized carbons (Fsp3) is 0.194. The zero-order valence-electron chi connectivity index (χ0n) is 23.4. The molecule has 43 heavy (non-hydrogen) atoms. The third-order valence-electron chi connectivity index (χ3n) is 6.94. The van der Waals surface area contributed by atoms with Gasteiger partial charge in [0.2, 0.25) is 0 Å². The van der Waals surface area contributed by atoms with Crippen molar-refractivity contribution in [2.75, 3.05) is 6.54 Å². The minimum atomic E-state index is -4.13. The molecule has 2 N–H and O–H groups in total. The summed E-state index contributed by atoms with van der Waals surface area (Å²) in [5.41, 5.74) is 3.84. The van der Waals surface area contributed by atoms with E-state index in [4.69, 9.17) is 16.0 Å². The highest BCUT2D eigenvalue weighted by Crippen LogP contribution is 2.47. The van der Waals surface area contributed by atoms with Gasteiger partial charge in [0.15, 0.2) is 5.15 Å². The number of hydrogen-bond donors (Lipinski definition) is 2. The zero-order valence-corrected chi connectivity index (χ0v) is 26.5. The number of fused-ring (bicyclic) bond motifs is 1. The van der Waals surface area contributed by atoms with Gasteiger partial charge >= 0.3 is 0 Å². The fourth-order valence-corrected chi connectivity index (χ4v) is 7.09. The normalized spacial score (nSPS) is 11.5. The van der Waals surface area contributed by atoms with Crippen LogP contribution in [0.15, 0.2) is 87.0 Å². The van der Waals surface area contributed by atoms with E-state index >= 15 is 0 Å². The second-order valence-electron chi connectivity index (χ2n) is 9.71. The molecule has 5 rings (SSSR count). The lowest BCUT2D eigenvalue weighted by molar-refractivity contribution is 0.0945. The predicted octanol–water partition coefficient (Wildman–Crippen LogP) is 6.53. The lowest BCUT2D eigenvalue weighted by Gasteiger charge is -2.16. The van der Waals surface area contributed by atoms with Crippen LogP contribution in [-0.2, 0) is 23.0 Å². The first-order valence-electron chi connectivity index (χ1n) is 13.6. The molecule has 0 bridgehead atoms. The molecule has 12 heteroatoms. The van der Waals surface area contributed by atoms with Crippen LogP contribution in [0.4, 0.5) is 0 Å². The van der Waals surface area contributed by atoms with Crippen LogP contribution >= 0.6 is 27.5 Å². The maximum atomic E-state index is 13.6. The van der Waals surface area contributed by atoms with E-state index in [0.717, 1.165) is 23.1 Å². The van der Waals surface area contributed by atoms with Crippen molar-refractivity contribution in [1.29, 1.82) is 0 Å². The first-order chi connectivity index (χ1) is 20.7. The molecule has 2 aromatic carbocycles. The largest absolute Gasteiger partial charge is 0.472 e. The summed E-state index contributed by atoms with van der Waals surface area (Å²) in [6.07, 6.45) is 4.50. The van der Waals surface area contributed by atoms with Gasteiger partial charge in [-0.1, -0.05) is 54.9 Å². The van der Waals surface area contributed by atoms with E-state index in [1.165, 1.54) is 12.1 Å². The van der Waals surface area contributed by atoms with Crippen molar-refractivity contribution in [2.45, 2.75) is 38.1 Å². The topological polar surface area (TPSA) is 123 Å². The van der Waals surface area contributed by atoms with Gasteiger partial charge in [0, 0.05) is 34.1 Å². The molecular weight excluding hydrogens is 656 g/mol. The Morgan fingerprint density at radius 2 is 1.70 bits per heavy atom. The molecule has 0 unspecified atom stereocenters. The predicted molar refractivity (Wildman–Crippen MR) is 168 cm³/mol. The standard InChI is InChI=1S/C31H28BrClN4O5S/c1-3-10-25-35-29(33)28(31(39)34-4-2)37(25)17-23-20-15-16-42-18-24(20)27(32)26(23)21-13-8-9-14-22(21)30(38)36-43(40,41)19-11-6-5-7-12-19/h5-9,11-16,18H,3-4,10,17H2,1-2H3,(H,34,39)(H,36,38). The number of aromatic nitrogens is 2.